The molecule has 0 aromatic heterocycles. The zero-order valence-electron chi connectivity index (χ0n) is 10.4. The van der Waals surface area contributed by atoms with Gasteiger partial charge in [0.2, 0.25) is 5.91 Å². The number of benzene rings is 1. The third-order valence-corrected chi connectivity index (χ3v) is 3.00. The minimum Gasteiger partial charge on any atom is -0.478 e. The molecule has 1 aromatic rings. The number of amides is 1. The highest BCUT2D eigenvalue weighted by molar-refractivity contribution is 6.01. The van der Waals surface area contributed by atoms with Gasteiger partial charge < -0.3 is 15.2 Å². The van der Waals surface area contributed by atoms with E-state index in [2.05, 4.69) is 5.32 Å². The second-order valence-electron chi connectivity index (χ2n) is 4.34. The van der Waals surface area contributed by atoms with Gasteiger partial charge in [-0.25, -0.2) is 4.79 Å². The van der Waals surface area contributed by atoms with Crippen LogP contribution in [-0.2, 0) is 9.53 Å². The van der Waals surface area contributed by atoms with Crippen LogP contribution in [0.2, 0.25) is 0 Å². The van der Waals surface area contributed by atoms with Crippen molar-refractivity contribution in [3.05, 3.63) is 33.9 Å². The number of rotatable bonds is 4. The fourth-order valence-electron chi connectivity index (χ4n) is 1.91. The summed E-state index contributed by atoms with van der Waals surface area (Å²) in [5.41, 5.74) is -0.556. The lowest BCUT2D eigenvalue weighted by molar-refractivity contribution is -0.384. The van der Waals surface area contributed by atoms with E-state index in [4.69, 9.17) is 9.84 Å². The van der Waals surface area contributed by atoms with Gasteiger partial charge in [-0.2, -0.15) is 0 Å². The lowest BCUT2D eigenvalue weighted by atomic mass is 10.1. The molecule has 1 saturated heterocycles. The van der Waals surface area contributed by atoms with E-state index >= 15 is 0 Å². The molecule has 8 heteroatoms. The number of anilines is 1. The molecule has 1 aliphatic heterocycles. The van der Waals surface area contributed by atoms with Crippen LogP contribution in [0.25, 0.3) is 0 Å². The first kappa shape index (κ1) is 13.9. The van der Waals surface area contributed by atoms with E-state index in [0.717, 1.165) is 18.2 Å². The second-order valence-corrected chi connectivity index (χ2v) is 4.34. The number of carbonyl (C=O) groups excluding carboxylic acids is 1. The number of nitro groups is 1. The average molecular weight is 280 g/mol. The first-order chi connectivity index (χ1) is 9.49. The Morgan fingerprint density at radius 1 is 1.45 bits per heavy atom. The molecule has 1 fully saturated rings. The summed E-state index contributed by atoms with van der Waals surface area (Å²) in [6.07, 6.45) is 0.545. The van der Waals surface area contributed by atoms with E-state index in [1.807, 2.05) is 0 Å². The molecule has 0 aliphatic carbocycles. The molecular formula is C12H12N2O6. The number of carbonyl (C=O) groups is 2. The molecule has 1 heterocycles. The van der Waals surface area contributed by atoms with Crippen molar-refractivity contribution in [2.45, 2.75) is 6.42 Å². The van der Waals surface area contributed by atoms with Gasteiger partial charge in [-0.05, 0) is 12.5 Å². The van der Waals surface area contributed by atoms with Gasteiger partial charge in [-0.3, -0.25) is 14.9 Å². The van der Waals surface area contributed by atoms with Crippen molar-refractivity contribution >= 4 is 23.3 Å². The third kappa shape index (κ3) is 2.91. The number of carboxylic acid groups (broad SMARTS) is 1. The van der Waals surface area contributed by atoms with Crippen molar-refractivity contribution in [1.29, 1.82) is 0 Å². The predicted octanol–water partition coefficient (Wildman–Crippen LogP) is 1.27. The predicted molar refractivity (Wildman–Crippen MR) is 67.6 cm³/mol. The lowest BCUT2D eigenvalue weighted by Crippen LogP contribution is -2.24. The van der Waals surface area contributed by atoms with Crippen LogP contribution in [0.5, 0.6) is 0 Å². The van der Waals surface area contributed by atoms with Crippen LogP contribution < -0.4 is 5.32 Å². The summed E-state index contributed by atoms with van der Waals surface area (Å²) in [5, 5.41) is 22.2. The Hall–Kier alpha value is -2.48. The molecule has 1 unspecified atom stereocenters. The van der Waals surface area contributed by atoms with Gasteiger partial charge in [0.25, 0.3) is 5.69 Å². The first-order valence-electron chi connectivity index (χ1n) is 5.89. The topological polar surface area (TPSA) is 119 Å². The molecular weight excluding hydrogens is 268 g/mol. The van der Waals surface area contributed by atoms with Crippen LogP contribution >= 0.6 is 0 Å². The van der Waals surface area contributed by atoms with Gasteiger partial charge in [-0.1, -0.05) is 0 Å². The molecule has 2 N–H and O–H groups in total. The summed E-state index contributed by atoms with van der Waals surface area (Å²) in [6, 6.07) is 3.22. The Bertz CT molecular complexity index is 565. The van der Waals surface area contributed by atoms with Crippen LogP contribution in [0.3, 0.4) is 0 Å². The average Bonchev–Trinajstić information content (AvgIpc) is 2.92. The standard InChI is InChI=1S/C12H12N2O6/c15-11(7-3-4-20-6-7)13-10-5-8(14(18)19)1-2-9(10)12(16)17/h1-2,5,7H,3-4,6H2,(H,13,15)(H,16,17). The van der Waals surface area contributed by atoms with E-state index in [1.54, 1.807) is 0 Å². The smallest absolute Gasteiger partial charge is 0.337 e. The van der Waals surface area contributed by atoms with Gasteiger partial charge in [0.05, 0.1) is 28.7 Å². The summed E-state index contributed by atoms with van der Waals surface area (Å²) in [5.74, 6) is -2.03. The summed E-state index contributed by atoms with van der Waals surface area (Å²) in [7, 11) is 0. The largest absolute Gasteiger partial charge is 0.478 e. The zero-order valence-corrected chi connectivity index (χ0v) is 10.4. The highest BCUT2D eigenvalue weighted by Gasteiger charge is 2.25. The molecule has 8 nitrogen and oxygen atoms in total. The fourth-order valence-corrected chi connectivity index (χ4v) is 1.91. The van der Waals surface area contributed by atoms with Gasteiger partial charge in [0, 0.05) is 18.7 Å². The molecule has 20 heavy (non-hydrogen) atoms. The van der Waals surface area contributed by atoms with Crippen LogP contribution in [0, 0.1) is 16.0 Å². The van der Waals surface area contributed by atoms with E-state index in [-0.39, 0.29) is 29.5 Å². The van der Waals surface area contributed by atoms with E-state index < -0.39 is 16.8 Å². The molecule has 0 saturated carbocycles. The Kier molecular flexibility index (Phi) is 3.94. The van der Waals surface area contributed by atoms with E-state index in [1.165, 1.54) is 0 Å². The van der Waals surface area contributed by atoms with Crippen molar-refractivity contribution in [2.24, 2.45) is 5.92 Å². The number of hydrogen-bond donors (Lipinski definition) is 2. The summed E-state index contributed by atoms with van der Waals surface area (Å²) in [6.45, 7) is 0.738. The maximum absolute atomic E-state index is 11.9. The molecule has 1 aliphatic rings. The van der Waals surface area contributed by atoms with Crippen molar-refractivity contribution in [2.75, 3.05) is 18.5 Å². The fraction of sp³-hybridized carbons (Fsp3) is 0.333. The quantitative estimate of drug-likeness (QED) is 0.633. The Labute approximate surface area is 113 Å². The summed E-state index contributed by atoms with van der Waals surface area (Å²) >= 11 is 0. The molecule has 1 amide bonds. The second kappa shape index (κ2) is 5.66. The normalized spacial score (nSPS) is 17.7. The molecule has 106 valence electrons. The number of ether oxygens (including phenoxy) is 1. The van der Waals surface area contributed by atoms with E-state index in [9.17, 15) is 19.7 Å². The number of hydrogen-bond acceptors (Lipinski definition) is 5. The van der Waals surface area contributed by atoms with Crippen LogP contribution in [0.4, 0.5) is 11.4 Å². The number of nitrogens with zero attached hydrogens (tertiary/aromatic N) is 1. The zero-order chi connectivity index (χ0) is 14.7. The van der Waals surface area contributed by atoms with Gasteiger partial charge >= 0.3 is 5.97 Å². The highest BCUT2D eigenvalue weighted by Crippen LogP contribution is 2.24. The molecule has 0 spiro atoms. The monoisotopic (exact) mass is 280 g/mol. The van der Waals surface area contributed by atoms with Crippen molar-refractivity contribution < 1.29 is 24.4 Å². The Morgan fingerprint density at radius 3 is 2.75 bits per heavy atom. The van der Waals surface area contributed by atoms with Crippen molar-refractivity contribution in [3.8, 4) is 0 Å². The third-order valence-electron chi connectivity index (χ3n) is 3.00. The number of nitro benzene ring substituents is 1. The van der Waals surface area contributed by atoms with Gasteiger partial charge in [-0.15, -0.1) is 0 Å². The van der Waals surface area contributed by atoms with Crippen LogP contribution in [-0.4, -0.2) is 35.1 Å². The van der Waals surface area contributed by atoms with Crippen molar-refractivity contribution in [3.63, 3.8) is 0 Å². The Balaban J connectivity index is 2.27. The minimum atomic E-state index is -1.27. The molecule has 1 atom stereocenters. The molecule has 0 bridgehead atoms. The SMILES string of the molecule is O=C(O)c1ccc([N+](=O)[O-])cc1NC(=O)C1CCOC1. The maximum atomic E-state index is 11.9. The minimum absolute atomic E-state index is 0.0800. The first-order valence-corrected chi connectivity index (χ1v) is 5.89. The summed E-state index contributed by atoms with van der Waals surface area (Å²) in [4.78, 5) is 33.0. The van der Waals surface area contributed by atoms with Crippen molar-refractivity contribution in [1.82, 2.24) is 0 Å². The molecule has 0 radical (unpaired) electrons. The highest BCUT2D eigenvalue weighted by atomic mass is 16.6. The molecule has 1 aromatic carbocycles. The lowest BCUT2D eigenvalue weighted by Gasteiger charge is -2.11. The number of non-ortho nitro benzene ring substituents is 1. The Morgan fingerprint density at radius 2 is 2.20 bits per heavy atom. The maximum Gasteiger partial charge on any atom is 0.337 e. The van der Waals surface area contributed by atoms with Crippen LogP contribution in [0.15, 0.2) is 18.2 Å². The number of aromatic carboxylic acids is 1. The van der Waals surface area contributed by atoms with Gasteiger partial charge in [0.15, 0.2) is 0 Å². The van der Waals surface area contributed by atoms with Crippen LogP contribution in [0.1, 0.15) is 16.8 Å². The number of nitrogens with one attached hydrogen (secondary N) is 1. The summed E-state index contributed by atoms with van der Waals surface area (Å²) < 4.78 is 5.07. The van der Waals surface area contributed by atoms with E-state index in [0.29, 0.717) is 13.0 Å². The molecule has 2 rings (SSSR count). The van der Waals surface area contributed by atoms with Gasteiger partial charge in [0.1, 0.15) is 0 Å². The number of carboxylic acids is 1.